The van der Waals surface area contributed by atoms with Crippen molar-refractivity contribution in [3.63, 3.8) is 0 Å². The zero-order valence-electron chi connectivity index (χ0n) is 23.4. The summed E-state index contributed by atoms with van der Waals surface area (Å²) in [5.41, 5.74) is 1.28. The van der Waals surface area contributed by atoms with Crippen molar-refractivity contribution in [2.24, 2.45) is 11.3 Å². The number of unbranched alkanes of at least 4 members (excludes halogenated alkanes) is 1. The van der Waals surface area contributed by atoms with Crippen molar-refractivity contribution in [1.29, 1.82) is 0 Å². The number of carbonyl (C=O) groups is 1. The highest BCUT2D eigenvalue weighted by Gasteiger charge is 2.59. The molecule has 1 amide bonds. The van der Waals surface area contributed by atoms with E-state index in [-0.39, 0.29) is 28.9 Å². The number of aromatic hydroxyl groups is 2. The normalized spacial score (nSPS) is 33.3. The van der Waals surface area contributed by atoms with E-state index in [4.69, 9.17) is 10.2 Å². The number of nitrogens with zero attached hydrogens (tertiary/aromatic N) is 2. The summed E-state index contributed by atoms with van der Waals surface area (Å²) in [6, 6.07) is 5.29. The molecule has 1 aromatic rings. The SMILES string of the molecule is CCC/C=C1\CCN(C2CCC3(O)[C@@H](CC)N(CC4CC4)CCC3(C)C2)C1=O.Cc1ccc(O)c(O)c1. The Morgan fingerprint density at radius 2 is 1.84 bits per heavy atom. The smallest absolute Gasteiger partial charge is 0.249 e. The van der Waals surface area contributed by atoms with Gasteiger partial charge in [0.1, 0.15) is 0 Å². The maximum Gasteiger partial charge on any atom is 0.249 e. The third-order valence-corrected chi connectivity index (χ3v) is 9.52. The van der Waals surface area contributed by atoms with Gasteiger partial charge in [-0.1, -0.05) is 39.3 Å². The number of aliphatic hydroxyl groups is 1. The number of phenolic OH excluding ortho intramolecular Hbond substituents is 2. The lowest BCUT2D eigenvalue weighted by Crippen LogP contribution is -2.69. The molecule has 3 N–H and O–H groups in total. The number of carbonyl (C=O) groups excluding carboxylic acids is 1. The van der Waals surface area contributed by atoms with Crippen LogP contribution in [0, 0.1) is 18.3 Å². The van der Waals surface area contributed by atoms with E-state index in [1.165, 1.54) is 31.5 Å². The summed E-state index contributed by atoms with van der Waals surface area (Å²) < 4.78 is 0. The molecule has 3 unspecified atom stereocenters. The van der Waals surface area contributed by atoms with Crippen LogP contribution < -0.4 is 0 Å². The molecular weight excluding hydrogens is 464 g/mol. The summed E-state index contributed by atoms with van der Waals surface area (Å²) in [7, 11) is 0. The molecule has 2 aliphatic carbocycles. The van der Waals surface area contributed by atoms with Crippen LogP contribution in [0.2, 0.25) is 0 Å². The Morgan fingerprint density at radius 3 is 2.46 bits per heavy atom. The summed E-state index contributed by atoms with van der Waals surface area (Å²) in [4.78, 5) is 17.7. The number of fused-ring (bicyclic) bond motifs is 1. The van der Waals surface area contributed by atoms with Crippen LogP contribution in [0.5, 0.6) is 11.5 Å². The quantitative estimate of drug-likeness (QED) is 0.344. The number of piperidine rings is 1. The third-order valence-electron chi connectivity index (χ3n) is 9.52. The van der Waals surface area contributed by atoms with Crippen molar-refractivity contribution >= 4 is 5.91 Å². The second-order valence-corrected chi connectivity index (χ2v) is 12.3. The summed E-state index contributed by atoms with van der Waals surface area (Å²) in [6.07, 6.45) is 12.7. The summed E-state index contributed by atoms with van der Waals surface area (Å²) >= 11 is 0. The first kappa shape index (κ1) is 28.0. The van der Waals surface area contributed by atoms with Gasteiger partial charge in [0.05, 0.1) is 5.60 Å². The lowest BCUT2D eigenvalue weighted by molar-refractivity contribution is -0.199. The molecule has 4 atom stereocenters. The zero-order chi connectivity index (χ0) is 26.8. The summed E-state index contributed by atoms with van der Waals surface area (Å²) in [5.74, 6) is 1.01. The van der Waals surface area contributed by atoms with Crippen LogP contribution in [0.25, 0.3) is 0 Å². The minimum Gasteiger partial charge on any atom is -0.504 e. The Hall–Kier alpha value is -2.05. The Bertz CT molecular complexity index is 989. The van der Waals surface area contributed by atoms with Crippen LogP contribution in [0.3, 0.4) is 0 Å². The lowest BCUT2D eigenvalue weighted by atomic mass is 9.55. The van der Waals surface area contributed by atoms with Gasteiger partial charge in [-0.2, -0.15) is 0 Å². The van der Waals surface area contributed by atoms with E-state index in [9.17, 15) is 9.90 Å². The maximum atomic E-state index is 12.9. The van der Waals surface area contributed by atoms with Crippen LogP contribution in [-0.2, 0) is 4.79 Å². The Labute approximate surface area is 223 Å². The number of hydrogen-bond acceptors (Lipinski definition) is 5. The van der Waals surface area contributed by atoms with Gasteiger partial charge in [-0.15, -0.1) is 0 Å². The predicted molar refractivity (Wildman–Crippen MR) is 148 cm³/mol. The van der Waals surface area contributed by atoms with Crippen LogP contribution in [-0.4, -0.2) is 68.3 Å². The number of rotatable bonds is 6. The molecule has 4 aliphatic rings. The molecule has 0 bridgehead atoms. The monoisotopic (exact) mass is 512 g/mol. The standard InChI is InChI=1S/C24H40N2O2.C7H8O2/c1-4-6-7-19-11-14-26(22(19)27)20-10-12-24(28)21(5-2)25(17-18-8-9-18)15-13-23(24,3)16-20;1-5-2-3-6(8)7(9)4-5/h7,18,20-21,28H,4-6,8-17H2,1-3H3;2-4,8-9H,1H3/b19-7+;/t20?,21-,23?,24?;/m1./s1. The molecule has 0 spiro atoms. The van der Waals surface area contributed by atoms with E-state index >= 15 is 0 Å². The first-order valence-corrected chi connectivity index (χ1v) is 14.6. The van der Waals surface area contributed by atoms with Gasteiger partial charge in [0.15, 0.2) is 11.5 Å². The van der Waals surface area contributed by atoms with Gasteiger partial charge in [0.2, 0.25) is 5.91 Å². The molecule has 5 rings (SSSR count). The van der Waals surface area contributed by atoms with Crippen molar-refractivity contribution in [2.75, 3.05) is 19.6 Å². The van der Waals surface area contributed by atoms with Crippen LogP contribution in [0.15, 0.2) is 29.8 Å². The molecule has 206 valence electrons. The Morgan fingerprint density at radius 1 is 1.08 bits per heavy atom. The third kappa shape index (κ3) is 5.85. The van der Waals surface area contributed by atoms with Crippen LogP contribution in [0.1, 0.15) is 90.5 Å². The van der Waals surface area contributed by atoms with E-state index in [0.717, 1.165) is 81.5 Å². The van der Waals surface area contributed by atoms with Crippen molar-refractivity contribution in [3.8, 4) is 11.5 Å². The molecule has 4 fully saturated rings. The minimum atomic E-state index is -0.602. The highest BCUT2D eigenvalue weighted by Crippen LogP contribution is 2.54. The molecule has 2 saturated heterocycles. The number of likely N-dealkylation sites (tertiary alicyclic amines) is 2. The van der Waals surface area contributed by atoms with Gasteiger partial charge in [-0.3, -0.25) is 9.69 Å². The number of phenols is 2. The number of aryl methyl sites for hydroxylation is 1. The van der Waals surface area contributed by atoms with E-state index in [1.54, 1.807) is 6.07 Å². The lowest BCUT2D eigenvalue weighted by Gasteiger charge is -2.61. The highest BCUT2D eigenvalue weighted by molar-refractivity contribution is 5.95. The van der Waals surface area contributed by atoms with Crippen molar-refractivity contribution in [3.05, 3.63) is 35.4 Å². The molecule has 2 heterocycles. The predicted octanol–water partition coefficient (Wildman–Crippen LogP) is 5.54. The van der Waals surface area contributed by atoms with Gasteiger partial charge in [-0.25, -0.2) is 0 Å². The van der Waals surface area contributed by atoms with E-state index < -0.39 is 5.60 Å². The van der Waals surface area contributed by atoms with Gasteiger partial charge in [-0.05, 0) is 94.9 Å². The first-order valence-electron chi connectivity index (χ1n) is 14.6. The second kappa shape index (κ2) is 11.4. The second-order valence-electron chi connectivity index (χ2n) is 12.3. The Kier molecular flexibility index (Phi) is 8.59. The number of amides is 1. The molecule has 0 aromatic heterocycles. The van der Waals surface area contributed by atoms with Crippen molar-refractivity contribution < 1.29 is 20.1 Å². The Balaban J connectivity index is 0.000000301. The number of allylic oxidation sites excluding steroid dienone is 1. The van der Waals surface area contributed by atoms with Gasteiger partial charge >= 0.3 is 0 Å². The number of hydrogen-bond donors (Lipinski definition) is 3. The zero-order valence-corrected chi connectivity index (χ0v) is 23.4. The van der Waals surface area contributed by atoms with Crippen LogP contribution in [0.4, 0.5) is 0 Å². The minimum absolute atomic E-state index is 0.0602. The number of benzene rings is 1. The van der Waals surface area contributed by atoms with Crippen molar-refractivity contribution in [1.82, 2.24) is 9.80 Å². The molecule has 2 saturated carbocycles. The molecular formula is C31H48N2O4. The van der Waals surface area contributed by atoms with Gasteiger partial charge < -0.3 is 20.2 Å². The average molecular weight is 513 g/mol. The summed E-state index contributed by atoms with van der Waals surface area (Å²) in [5, 5.41) is 29.6. The van der Waals surface area contributed by atoms with Gasteiger partial charge in [0.25, 0.3) is 0 Å². The fourth-order valence-corrected chi connectivity index (χ4v) is 7.06. The maximum absolute atomic E-state index is 12.9. The van der Waals surface area contributed by atoms with E-state index in [1.807, 2.05) is 6.92 Å². The average Bonchev–Trinajstić information content (AvgIpc) is 3.61. The van der Waals surface area contributed by atoms with E-state index in [0.29, 0.717) is 6.04 Å². The molecule has 6 nitrogen and oxygen atoms in total. The highest BCUT2D eigenvalue weighted by atomic mass is 16.3. The molecule has 6 heteroatoms. The topological polar surface area (TPSA) is 84.2 Å². The first-order chi connectivity index (χ1) is 17.6. The van der Waals surface area contributed by atoms with E-state index in [2.05, 4.69) is 36.6 Å². The van der Waals surface area contributed by atoms with Crippen molar-refractivity contribution in [2.45, 2.75) is 110 Å². The largest absolute Gasteiger partial charge is 0.504 e. The van der Waals surface area contributed by atoms with Crippen LogP contribution >= 0.6 is 0 Å². The fourth-order valence-electron chi connectivity index (χ4n) is 7.06. The van der Waals surface area contributed by atoms with Gasteiger partial charge in [0, 0.05) is 36.2 Å². The fraction of sp³-hybridized carbons (Fsp3) is 0.710. The summed E-state index contributed by atoms with van der Waals surface area (Å²) in [6.45, 7) is 11.7. The molecule has 1 aromatic carbocycles. The molecule has 37 heavy (non-hydrogen) atoms. The molecule has 0 radical (unpaired) electrons. The molecule has 2 aliphatic heterocycles.